The summed E-state index contributed by atoms with van der Waals surface area (Å²) in [7, 11) is 1.65. The molecule has 0 saturated carbocycles. The van der Waals surface area contributed by atoms with E-state index < -0.39 is 0 Å². The number of ether oxygens (including phenoxy) is 2. The quantitative estimate of drug-likeness (QED) is 0.393. The van der Waals surface area contributed by atoms with Crippen LogP contribution >= 0.6 is 23.5 Å². The molecule has 4 nitrogen and oxygen atoms in total. The first kappa shape index (κ1) is 18.3. The summed E-state index contributed by atoms with van der Waals surface area (Å²) in [5, 5.41) is 0.677. The van der Waals surface area contributed by atoms with Gasteiger partial charge in [-0.05, 0) is 85.1 Å². The van der Waals surface area contributed by atoms with Gasteiger partial charge in [-0.15, -0.1) is 0 Å². The van der Waals surface area contributed by atoms with Crippen LogP contribution in [0.2, 0.25) is 5.02 Å². The maximum Gasteiger partial charge on any atom is 0.151 e. The van der Waals surface area contributed by atoms with Crippen molar-refractivity contribution in [3.05, 3.63) is 71.2 Å². The monoisotopic (exact) mass is 386 g/mol. The largest absolute Gasteiger partial charge is 0.497 e. The standard InChI is InChI=1S/C20H19ClN2O2S/c1-13-11-14(21)3-10-19(13)25-20-12-17(8-9-18(20)22)26-23-15-4-6-16(24-2)7-5-15/h3-12,23H,22H2,1-2H3. The number of rotatable bonds is 6. The van der Waals surface area contributed by atoms with Crippen LogP contribution in [-0.4, -0.2) is 7.11 Å². The summed E-state index contributed by atoms with van der Waals surface area (Å²) in [6.07, 6.45) is 0. The molecule has 3 rings (SSSR count). The Morgan fingerprint density at radius 2 is 1.73 bits per heavy atom. The summed E-state index contributed by atoms with van der Waals surface area (Å²) >= 11 is 7.47. The zero-order valence-corrected chi connectivity index (χ0v) is 16.0. The Morgan fingerprint density at radius 1 is 0.962 bits per heavy atom. The summed E-state index contributed by atoms with van der Waals surface area (Å²) in [5.41, 5.74) is 8.56. The van der Waals surface area contributed by atoms with Gasteiger partial charge < -0.3 is 19.9 Å². The van der Waals surface area contributed by atoms with Gasteiger partial charge in [0.15, 0.2) is 5.75 Å². The van der Waals surface area contributed by atoms with Gasteiger partial charge in [0.1, 0.15) is 11.5 Å². The fraction of sp³-hybridized carbons (Fsp3) is 0.100. The number of hydrogen-bond donors (Lipinski definition) is 2. The molecule has 0 unspecified atom stereocenters. The van der Waals surface area contributed by atoms with Gasteiger partial charge in [0, 0.05) is 15.6 Å². The normalized spacial score (nSPS) is 10.4. The summed E-state index contributed by atoms with van der Waals surface area (Å²) in [6, 6.07) is 18.9. The smallest absolute Gasteiger partial charge is 0.151 e. The van der Waals surface area contributed by atoms with E-state index >= 15 is 0 Å². The Labute approximate surface area is 162 Å². The number of benzene rings is 3. The maximum atomic E-state index is 6.06. The Kier molecular flexibility index (Phi) is 5.81. The van der Waals surface area contributed by atoms with Crippen molar-refractivity contribution >= 4 is 34.9 Å². The van der Waals surface area contributed by atoms with Crippen LogP contribution < -0.4 is 19.9 Å². The van der Waals surface area contributed by atoms with Crippen LogP contribution in [0.1, 0.15) is 5.56 Å². The van der Waals surface area contributed by atoms with E-state index in [1.165, 1.54) is 11.9 Å². The Balaban J connectivity index is 1.72. The highest BCUT2D eigenvalue weighted by molar-refractivity contribution is 8.00. The van der Waals surface area contributed by atoms with Crippen molar-refractivity contribution in [3.63, 3.8) is 0 Å². The molecular formula is C20H19ClN2O2S. The molecule has 0 aromatic heterocycles. The molecule has 0 aliphatic rings. The third kappa shape index (κ3) is 4.56. The number of anilines is 2. The van der Waals surface area contributed by atoms with Crippen LogP contribution in [0, 0.1) is 6.92 Å². The molecule has 0 bridgehead atoms. The van der Waals surface area contributed by atoms with E-state index in [0.29, 0.717) is 16.5 Å². The SMILES string of the molecule is COc1ccc(NSc2ccc(N)c(Oc3ccc(Cl)cc3C)c2)cc1. The van der Waals surface area contributed by atoms with E-state index in [1.54, 1.807) is 13.2 Å². The Bertz CT molecular complexity index is 901. The first-order valence-corrected chi connectivity index (χ1v) is 9.15. The lowest BCUT2D eigenvalue weighted by Crippen LogP contribution is -1.95. The van der Waals surface area contributed by atoms with E-state index in [2.05, 4.69) is 4.72 Å². The van der Waals surface area contributed by atoms with Crippen LogP contribution in [-0.2, 0) is 0 Å². The van der Waals surface area contributed by atoms with Crippen molar-refractivity contribution in [1.29, 1.82) is 0 Å². The van der Waals surface area contributed by atoms with Crippen LogP contribution in [0.4, 0.5) is 11.4 Å². The number of hydrogen-bond acceptors (Lipinski definition) is 5. The average Bonchev–Trinajstić information content (AvgIpc) is 2.65. The molecule has 134 valence electrons. The predicted octanol–water partition coefficient (Wildman–Crippen LogP) is 6.15. The molecular weight excluding hydrogens is 368 g/mol. The average molecular weight is 387 g/mol. The van der Waals surface area contributed by atoms with Crippen molar-refractivity contribution in [2.75, 3.05) is 17.6 Å². The third-order valence-corrected chi connectivity index (χ3v) is 4.78. The second kappa shape index (κ2) is 8.25. The summed E-state index contributed by atoms with van der Waals surface area (Å²) < 4.78 is 14.4. The maximum absolute atomic E-state index is 6.06. The number of halogens is 1. The molecule has 0 aliphatic carbocycles. The van der Waals surface area contributed by atoms with Gasteiger partial charge in [0.25, 0.3) is 0 Å². The van der Waals surface area contributed by atoms with Crippen molar-refractivity contribution in [3.8, 4) is 17.2 Å². The topological polar surface area (TPSA) is 56.5 Å². The molecule has 3 N–H and O–H groups in total. The minimum atomic E-state index is 0.577. The second-order valence-corrected chi connectivity index (χ2v) is 6.96. The van der Waals surface area contributed by atoms with Gasteiger partial charge in [-0.2, -0.15) is 0 Å². The first-order chi connectivity index (χ1) is 12.5. The third-order valence-electron chi connectivity index (χ3n) is 3.72. The van der Waals surface area contributed by atoms with Crippen LogP contribution in [0.3, 0.4) is 0 Å². The highest BCUT2D eigenvalue weighted by Crippen LogP contribution is 2.34. The highest BCUT2D eigenvalue weighted by Gasteiger charge is 2.07. The van der Waals surface area contributed by atoms with Crippen LogP contribution in [0.15, 0.2) is 65.6 Å². The molecule has 3 aromatic rings. The summed E-state index contributed by atoms with van der Waals surface area (Å²) in [4.78, 5) is 0.983. The molecule has 26 heavy (non-hydrogen) atoms. The Morgan fingerprint density at radius 3 is 2.42 bits per heavy atom. The van der Waals surface area contributed by atoms with Gasteiger partial charge in [-0.1, -0.05) is 11.6 Å². The minimum absolute atomic E-state index is 0.577. The van der Waals surface area contributed by atoms with E-state index in [-0.39, 0.29) is 0 Å². The fourth-order valence-corrected chi connectivity index (χ4v) is 3.19. The van der Waals surface area contributed by atoms with Crippen LogP contribution in [0.25, 0.3) is 0 Å². The van der Waals surface area contributed by atoms with Crippen molar-refractivity contribution in [2.45, 2.75) is 11.8 Å². The van der Waals surface area contributed by atoms with Crippen molar-refractivity contribution in [2.24, 2.45) is 0 Å². The lowest BCUT2D eigenvalue weighted by molar-refractivity contribution is 0.415. The van der Waals surface area contributed by atoms with Crippen molar-refractivity contribution < 1.29 is 9.47 Å². The lowest BCUT2D eigenvalue weighted by atomic mass is 10.2. The lowest BCUT2D eigenvalue weighted by Gasteiger charge is -2.13. The second-order valence-electron chi connectivity index (χ2n) is 5.64. The number of nitrogens with one attached hydrogen (secondary N) is 1. The first-order valence-electron chi connectivity index (χ1n) is 7.95. The van der Waals surface area contributed by atoms with E-state index in [1.807, 2.05) is 61.5 Å². The molecule has 0 heterocycles. The zero-order chi connectivity index (χ0) is 18.5. The molecule has 3 aromatic carbocycles. The molecule has 0 spiro atoms. The van der Waals surface area contributed by atoms with E-state index in [9.17, 15) is 0 Å². The van der Waals surface area contributed by atoms with Gasteiger partial charge in [-0.25, -0.2) is 0 Å². The molecule has 6 heteroatoms. The minimum Gasteiger partial charge on any atom is -0.497 e. The molecule has 0 amide bonds. The van der Waals surface area contributed by atoms with Gasteiger partial charge in [-0.3, -0.25) is 0 Å². The van der Waals surface area contributed by atoms with Gasteiger partial charge >= 0.3 is 0 Å². The number of nitrogens with two attached hydrogens (primary N) is 1. The summed E-state index contributed by atoms with van der Waals surface area (Å²) in [6.45, 7) is 1.95. The zero-order valence-electron chi connectivity index (χ0n) is 14.5. The van der Waals surface area contributed by atoms with Gasteiger partial charge in [0.05, 0.1) is 12.8 Å². The highest BCUT2D eigenvalue weighted by atomic mass is 35.5. The molecule has 0 saturated heterocycles. The summed E-state index contributed by atoms with van der Waals surface area (Å²) in [5.74, 6) is 2.16. The molecule has 0 aliphatic heterocycles. The predicted molar refractivity (Wildman–Crippen MR) is 110 cm³/mol. The number of aryl methyl sites for hydroxylation is 1. The molecule has 0 fully saturated rings. The van der Waals surface area contributed by atoms with Crippen molar-refractivity contribution in [1.82, 2.24) is 0 Å². The Hall–Kier alpha value is -2.50. The molecule has 0 radical (unpaired) electrons. The van der Waals surface area contributed by atoms with Gasteiger partial charge in [0.2, 0.25) is 0 Å². The van der Waals surface area contributed by atoms with E-state index in [0.717, 1.165) is 27.6 Å². The van der Waals surface area contributed by atoms with E-state index in [4.69, 9.17) is 26.8 Å². The fourth-order valence-electron chi connectivity index (χ4n) is 2.29. The number of nitrogen functional groups attached to an aromatic ring is 1. The molecule has 0 atom stereocenters. The number of methoxy groups -OCH3 is 1. The van der Waals surface area contributed by atoms with Crippen LogP contribution in [0.5, 0.6) is 17.2 Å².